The number of nitrogens with one attached hydrogen (secondary N) is 2. The fourth-order valence-electron chi connectivity index (χ4n) is 2.69. The van der Waals surface area contributed by atoms with Gasteiger partial charge in [-0.1, -0.05) is 31.2 Å². The van der Waals surface area contributed by atoms with Crippen LogP contribution in [-0.2, 0) is 30.8 Å². The zero-order chi connectivity index (χ0) is 21.6. The lowest BCUT2D eigenvalue weighted by Crippen LogP contribution is -2.32. The normalized spacial score (nSPS) is 11.2. The van der Waals surface area contributed by atoms with Crippen LogP contribution in [0.1, 0.15) is 29.2 Å². The Bertz CT molecular complexity index is 1020. The Morgan fingerprint density at radius 2 is 1.72 bits per heavy atom. The molecule has 29 heavy (non-hydrogen) atoms. The molecule has 0 spiro atoms. The van der Waals surface area contributed by atoms with Crippen LogP contribution in [0.3, 0.4) is 0 Å². The number of aryl methyl sites for hydroxylation is 4. The summed E-state index contributed by atoms with van der Waals surface area (Å²) in [6.45, 7) is 6.48. The lowest BCUT2D eigenvalue weighted by atomic mass is 10.1. The monoisotopic (exact) mass is 418 g/mol. The summed E-state index contributed by atoms with van der Waals surface area (Å²) >= 11 is 0. The van der Waals surface area contributed by atoms with Crippen molar-refractivity contribution in [1.82, 2.24) is 4.72 Å². The average molecular weight is 419 g/mol. The predicted octanol–water partition coefficient (Wildman–Crippen LogP) is 2.63. The molecule has 0 fully saturated rings. The molecule has 8 heteroatoms. The third-order valence-electron chi connectivity index (χ3n) is 4.56. The molecule has 2 N–H and O–H groups in total. The average Bonchev–Trinajstić information content (AvgIpc) is 2.68. The van der Waals surface area contributed by atoms with Crippen LogP contribution in [0.4, 0.5) is 5.69 Å². The van der Waals surface area contributed by atoms with E-state index in [0.29, 0.717) is 5.69 Å². The highest BCUT2D eigenvalue weighted by Gasteiger charge is 2.17. The molecule has 1 amide bonds. The van der Waals surface area contributed by atoms with Crippen LogP contribution in [0.25, 0.3) is 0 Å². The van der Waals surface area contributed by atoms with Crippen LogP contribution < -0.4 is 10.0 Å². The molecule has 0 saturated carbocycles. The van der Waals surface area contributed by atoms with Gasteiger partial charge in [0, 0.05) is 5.69 Å². The van der Waals surface area contributed by atoms with Crippen molar-refractivity contribution in [2.75, 3.05) is 18.5 Å². The van der Waals surface area contributed by atoms with Gasteiger partial charge in [0.2, 0.25) is 10.0 Å². The first-order chi connectivity index (χ1) is 13.6. The number of para-hydroxylation sites is 1. The quantitative estimate of drug-likeness (QED) is 0.642. The van der Waals surface area contributed by atoms with Crippen LogP contribution in [0.2, 0.25) is 0 Å². The van der Waals surface area contributed by atoms with Crippen LogP contribution in [0.5, 0.6) is 0 Å². The Hall–Kier alpha value is -2.71. The molecule has 2 aromatic rings. The molecular weight excluding hydrogens is 392 g/mol. The van der Waals surface area contributed by atoms with Crippen molar-refractivity contribution < 1.29 is 22.7 Å². The molecule has 0 aliphatic heterocycles. The van der Waals surface area contributed by atoms with Crippen molar-refractivity contribution in [1.29, 1.82) is 0 Å². The van der Waals surface area contributed by atoms with E-state index >= 15 is 0 Å². The van der Waals surface area contributed by atoms with Crippen molar-refractivity contribution in [3.63, 3.8) is 0 Å². The van der Waals surface area contributed by atoms with E-state index in [1.165, 1.54) is 12.1 Å². The lowest BCUT2D eigenvalue weighted by Gasteiger charge is -2.13. The number of sulfonamides is 1. The van der Waals surface area contributed by atoms with Crippen molar-refractivity contribution in [3.8, 4) is 0 Å². The van der Waals surface area contributed by atoms with Gasteiger partial charge in [0.25, 0.3) is 5.91 Å². The third kappa shape index (κ3) is 6.13. The van der Waals surface area contributed by atoms with Crippen LogP contribution in [0, 0.1) is 20.8 Å². The summed E-state index contributed by atoms with van der Waals surface area (Å²) in [6, 6.07) is 10.4. The smallest absolute Gasteiger partial charge is 0.321 e. The highest BCUT2D eigenvalue weighted by Crippen LogP contribution is 2.21. The second kappa shape index (κ2) is 9.67. The number of esters is 1. The first kappa shape index (κ1) is 22.6. The van der Waals surface area contributed by atoms with E-state index in [1.54, 1.807) is 13.0 Å². The molecule has 0 atom stereocenters. The number of ether oxygens (including phenoxy) is 1. The SMILES string of the molecule is CCc1cccc(C)c1NC(=O)COC(=O)CNS(=O)(=O)c1ccc(C)c(C)c1. The second-order valence-electron chi connectivity index (χ2n) is 6.74. The third-order valence-corrected chi connectivity index (χ3v) is 5.96. The minimum atomic E-state index is -3.85. The van der Waals surface area contributed by atoms with Crippen LogP contribution in [-0.4, -0.2) is 33.4 Å². The molecule has 0 aliphatic carbocycles. The maximum atomic E-state index is 12.3. The number of carbonyl (C=O) groups excluding carboxylic acids is 2. The van der Waals surface area contributed by atoms with Gasteiger partial charge >= 0.3 is 5.97 Å². The number of amides is 1. The number of hydrogen-bond donors (Lipinski definition) is 2. The molecule has 0 aromatic heterocycles. The molecule has 0 unspecified atom stereocenters. The number of rotatable bonds is 8. The van der Waals surface area contributed by atoms with E-state index in [4.69, 9.17) is 4.74 Å². The summed E-state index contributed by atoms with van der Waals surface area (Å²) in [4.78, 5) is 24.0. The fraction of sp³-hybridized carbons (Fsp3) is 0.333. The van der Waals surface area contributed by atoms with Crippen LogP contribution in [0.15, 0.2) is 41.3 Å². The first-order valence-electron chi connectivity index (χ1n) is 9.25. The highest BCUT2D eigenvalue weighted by molar-refractivity contribution is 7.89. The number of carbonyl (C=O) groups is 2. The van der Waals surface area contributed by atoms with Gasteiger partial charge in [0.05, 0.1) is 4.90 Å². The van der Waals surface area contributed by atoms with Gasteiger partial charge in [0.15, 0.2) is 6.61 Å². The standard InChI is InChI=1S/C21H26N2O5S/c1-5-17-8-6-7-15(3)21(17)23-19(24)13-28-20(25)12-22-29(26,27)18-10-9-14(2)16(4)11-18/h6-11,22H,5,12-13H2,1-4H3,(H,23,24). The van der Waals surface area contributed by atoms with Gasteiger partial charge in [-0.05, 0) is 61.6 Å². The molecule has 0 heterocycles. The molecule has 0 aliphatic rings. The minimum absolute atomic E-state index is 0.0674. The zero-order valence-electron chi connectivity index (χ0n) is 17.0. The van der Waals surface area contributed by atoms with Gasteiger partial charge < -0.3 is 10.1 Å². The highest BCUT2D eigenvalue weighted by atomic mass is 32.2. The molecule has 0 saturated heterocycles. The zero-order valence-corrected chi connectivity index (χ0v) is 17.9. The van der Waals surface area contributed by atoms with E-state index in [0.717, 1.165) is 28.7 Å². The van der Waals surface area contributed by atoms with E-state index in [9.17, 15) is 18.0 Å². The molecule has 7 nitrogen and oxygen atoms in total. The summed E-state index contributed by atoms with van der Waals surface area (Å²) < 4.78 is 31.7. The maximum absolute atomic E-state index is 12.3. The Morgan fingerprint density at radius 1 is 1.00 bits per heavy atom. The topological polar surface area (TPSA) is 102 Å². The van der Waals surface area contributed by atoms with Gasteiger partial charge in [-0.2, -0.15) is 4.72 Å². The molecule has 2 aromatic carbocycles. The summed E-state index contributed by atoms with van der Waals surface area (Å²) in [5.41, 5.74) is 4.38. The molecular formula is C21H26N2O5S. The minimum Gasteiger partial charge on any atom is -0.455 e. The van der Waals surface area contributed by atoms with Gasteiger partial charge in [0.1, 0.15) is 6.54 Å². The van der Waals surface area contributed by atoms with E-state index in [2.05, 4.69) is 10.0 Å². The van der Waals surface area contributed by atoms with Crippen molar-refractivity contribution in [2.45, 2.75) is 39.0 Å². The summed E-state index contributed by atoms with van der Waals surface area (Å²) in [5.74, 6) is -1.33. The lowest BCUT2D eigenvalue weighted by molar-refractivity contribution is -0.146. The number of anilines is 1. The van der Waals surface area contributed by atoms with Crippen molar-refractivity contribution >= 4 is 27.6 Å². The summed E-state index contributed by atoms with van der Waals surface area (Å²) in [5, 5.41) is 2.74. The molecule has 156 valence electrons. The molecule has 0 radical (unpaired) electrons. The fourth-order valence-corrected chi connectivity index (χ4v) is 3.75. The van der Waals surface area contributed by atoms with Gasteiger partial charge in [-0.15, -0.1) is 0 Å². The van der Waals surface area contributed by atoms with Crippen LogP contribution >= 0.6 is 0 Å². The van der Waals surface area contributed by atoms with E-state index in [1.807, 2.05) is 39.0 Å². The van der Waals surface area contributed by atoms with Crippen molar-refractivity contribution in [3.05, 3.63) is 58.7 Å². The van der Waals surface area contributed by atoms with Gasteiger partial charge in [-0.25, -0.2) is 8.42 Å². The van der Waals surface area contributed by atoms with Crippen molar-refractivity contribution in [2.24, 2.45) is 0 Å². The summed E-state index contributed by atoms with van der Waals surface area (Å²) in [6.07, 6.45) is 0.747. The number of hydrogen-bond acceptors (Lipinski definition) is 5. The van der Waals surface area contributed by atoms with E-state index < -0.39 is 35.1 Å². The Balaban J connectivity index is 1.88. The van der Waals surface area contributed by atoms with Gasteiger partial charge in [-0.3, -0.25) is 9.59 Å². The molecule has 2 rings (SSSR count). The Labute approximate surface area is 171 Å². The second-order valence-corrected chi connectivity index (χ2v) is 8.51. The Morgan fingerprint density at radius 3 is 2.38 bits per heavy atom. The largest absolute Gasteiger partial charge is 0.455 e. The predicted molar refractivity (Wildman–Crippen MR) is 111 cm³/mol. The Kier molecular flexibility index (Phi) is 7.53. The molecule has 0 bridgehead atoms. The number of benzene rings is 2. The maximum Gasteiger partial charge on any atom is 0.321 e. The van der Waals surface area contributed by atoms with E-state index in [-0.39, 0.29) is 4.90 Å². The summed E-state index contributed by atoms with van der Waals surface area (Å²) in [7, 11) is -3.85. The first-order valence-corrected chi connectivity index (χ1v) is 10.7.